The molecule has 1 unspecified atom stereocenters. The van der Waals surface area contributed by atoms with Gasteiger partial charge in [-0.15, -0.1) is 0 Å². The predicted molar refractivity (Wildman–Crippen MR) is 101 cm³/mol. The van der Waals surface area contributed by atoms with Crippen molar-refractivity contribution in [1.82, 2.24) is 5.32 Å². The number of hydrogen-bond donors (Lipinski definition) is 6. The Morgan fingerprint density at radius 1 is 1.00 bits per heavy atom. The van der Waals surface area contributed by atoms with Gasteiger partial charge in [0.1, 0.15) is 30.6 Å². The predicted octanol–water partition coefficient (Wildman–Crippen LogP) is -4.10. The Bertz CT molecular complexity index is 753. The van der Waals surface area contributed by atoms with E-state index in [4.69, 9.17) is 10.5 Å². The number of aliphatic hydroxyl groups is 4. The summed E-state index contributed by atoms with van der Waals surface area (Å²) < 4.78 is 4.98. The average Bonchev–Trinajstić information content (AvgIpc) is 2.66. The van der Waals surface area contributed by atoms with Gasteiger partial charge in [-0.25, -0.2) is 0 Å². The molecule has 176 valence electrons. The number of ketones is 3. The van der Waals surface area contributed by atoms with E-state index in [0.717, 1.165) is 20.8 Å². The third-order valence-corrected chi connectivity index (χ3v) is 4.76. The molecule has 0 aromatic carbocycles. The standard InChI is InChI=1S/C18H28N2O11/c1-7(22)13(19)16(29)31-18(10(4)25,12(6-21)20-11(5)26)17(30,9(3)24)15(28)14(27)8(2)23/h6-7,12-15,22,27-28,30H,19H2,1-5H3,(H,20,26)/t7-,12+,13+,14?,15-,17+,18-/m1/s1. The fourth-order valence-electron chi connectivity index (χ4n) is 2.95. The summed E-state index contributed by atoms with van der Waals surface area (Å²) in [5.41, 5.74) is -1.53. The van der Waals surface area contributed by atoms with Crippen molar-refractivity contribution in [3.05, 3.63) is 0 Å². The highest BCUT2D eigenvalue weighted by Crippen LogP contribution is 2.37. The summed E-state index contributed by atoms with van der Waals surface area (Å²) in [6.07, 6.45) is -6.99. The van der Waals surface area contributed by atoms with Crippen LogP contribution in [0.1, 0.15) is 34.6 Å². The molecule has 7 atom stereocenters. The van der Waals surface area contributed by atoms with Gasteiger partial charge in [0.05, 0.1) is 6.10 Å². The first-order valence-electron chi connectivity index (χ1n) is 9.02. The number of carbonyl (C=O) groups is 6. The third kappa shape index (κ3) is 5.37. The number of ether oxygens (including phenoxy) is 1. The monoisotopic (exact) mass is 448 g/mol. The maximum absolute atomic E-state index is 12.7. The van der Waals surface area contributed by atoms with Crippen molar-refractivity contribution in [2.24, 2.45) is 5.73 Å². The van der Waals surface area contributed by atoms with Crippen LogP contribution in [0, 0.1) is 0 Å². The Kier molecular flexibility index (Phi) is 9.75. The lowest BCUT2D eigenvalue weighted by Gasteiger charge is -2.48. The maximum atomic E-state index is 12.7. The number of aldehydes is 1. The van der Waals surface area contributed by atoms with Gasteiger partial charge in [0.25, 0.3) is 0 Å². The van der Waals surface area contributed by atoms with E-state index in [9.17, 15) is 49.2 Å². The average molecular weight is 448 g/mol. The van der Waals surface area contributed by atoms with Gasteiger partial charge < -0.3 is 41.0 Å². The first kappa shape index (κ1) is 28.4. The number of rotatable bonds is 12. The first-order chi connectivity index (χ1) is 14.0. The van der Waals surface area contributed by atoms with Crippen LogP contribution in [0.4, 0.5) is 0 Å². The molecule has 0 aliphatic carbocycles. The molecule has 0 rings (SSSR count). The fraction of sp³-hybridized carbons (Fsp3) is 0.667. The molecule has 0 heterocycles. The molecule has 0 aromatic rings. The van der Waals surface area contributed by atoms with E-state index in [0.29, 0.717) is 13.8 Å². The van der Waals surface area contributed by atoms with Crippen molar-refractivity contribution in [3.8, 4) is 0 Å². The van der Waals surface area contributed by atoms with Crippen molar-refractivity contribution >= 4 is 35.5 Å². The number of amides is 1. The highest BCUT2D eigenvalue weighted by atomic mass is 16.6. The molecule has 0 saturated heterocycles. The second-order valence-corrected chi connectivity index (χ2v) is 7.12. The zero-order chi connectivity index (χ0) is 24.9. The van der Waals surface area contributed by atoms with Crippen LogP contribution in [0.25, 0.3) is 0 Å². The zero-order valence-electron chi connectivity index (χ0n) is 17.7. The molecule has 7 N–H and O–H groups in total. The molecule has 0 spiro atoms. The summed E-state index contributed by atoms with van der Waals surface area (Å²) in [6.45, 7) is 4.01. The van der Waals surface area contributed by atoms with E-state index in [-0.39, 0.29) is 6.29 Å². The molecular weight excluding hydrogens is 420 g/mol. The van der Waals surface area contributed by atoms with Gasteiger partial charge in [-0.2, -0.15) is 0 Å². The van der Waals surface area contributed by atoms with E-state index in [1.165, 1.54) is 0 Å². The van der Waals surface area contributed by atoms with Gasteiger partial charge in [0.2, 0.25) is 17.1 Å². The van der Waals surface area contributed by atoms with Gasteiger partial charge in [-0.3, -0.25) is 24.0 Å². The Balaban J connectivity index is 7.25. The number of Topliss-reactive ketones (excluding diaryl/α,β-unsaturated/α-hetero) is 3. The van der Waals surface area contributed by atoms with Gasteiger partial charge in [0, 0.05) is 6.92 Å². The Morgan fingerprint density at radius 2 is 1.48 bits per heavy atom. The molecule has 0 aromatic heterocycles. The summed E-state index contributed by atoms with van der Waals surface area (Å²) in [5.74, 6) is -6.68. The molecule has 0 bridgehead atoms. The summed E-state index contributed by atoms with van der Waals surface area (Å²) in [5, 5.41) is 43.2. The highest BCUT2D eigenvalue weighted by molar-refractivity contribution is 6.03. The Morgan fingerprint density at radius 3 is 1.77 bits per heavy atom. The van der Waals surface area contributed by atoms with Crippen LogP contribution in [0.2, 0.25) is 0 Å². The summed E-state index contributed by atoms with van der Waals surface area (Å²) in [6, 6.07) is -4.13. The Labute approximate surface area is 177 Å². The largest absolute Gasteiger partial charge is 0.443 e. The zero-order valence-corrected chi connectivity index (χ0v) is 17.7. The molecule has 0 aliphatic rings. The van der Waals surface area contributed by atoms with E-state index in [2.05, 4.69) is 0 Å². The molecular formula is C18H28N2O11. The van der Waals surface area contributed by atoms with Crippen LogP contribution < -0.4 is 11.1 Å². The fourth-order valence-corrected chi connectivity index (χ4v) is 2.95. The number of nitrogens with two attached hydrogens (primary N) is 1. The quantitative estimate of drug-likeness (QED) is 0.124. The van der Waals surface area contributed by atoms with Crippen molar-refractivity contribution in [1.29, 1.82) is 0 Å². The highest BCUT2D eigenvalue weighted by Gasteiger charge is 2.70. The number of aliphatic hydroxyl groups excluding tert-OH is 3. The van der Waals surface area contributed by atoms with Crippen LogP contribution in [0.15, 0.2) is 0 Å². The molecule has 1 amide bonds. The SMILES string of the molecule is CC(=O)N[C@@H](C=O)[C@](OC(=O)[C@@H](N)[C@@H](C)O)(C(C)=O)[C@](O)(C(C)=O)[C@H](O)C(O)C(C)=O. The lowest BCUT2D eigenvalue weighted by atomic mass is 9.67. The minimum absolute atomic E-state index is 0.162. The molecule has 13 nitrogen and oxygen atoms in total. The minimum atomic E-state index is -3.62. The van der Waals surface area contributed by atoms with Crippen molar-refractivity contribution in [2.75, 3.05) is 0 Å². The van der Waals surface area contributed by atoms with Crippen molar-refractivity contribution in [3.63, 3.8) is 0 Å². The molecule has 13 heteroatoms. The molecule has 0 radical (unpaired) electrons. The van der Waals surface area contributed by atoms with Crippen LogP contribution in [0.3, 0.4) is 0 Å². The number of nitrogens with one attached hydrogen (secondary N) is 1. The van der Waals surface area contributed by atoms with E-state index >= 15 is 0 Å². The van der Waals surface area contributed by atoms with Crippen LogP contribution in [-0.4, -0.2) is 97.5 Å². The lowest BCUT2D eigenvalue weighted by molar-refractivity contribution is -0.232. The van der Waals surface area contributed by atoms with Crippen LogP contribution >= 0.6 is 0 Å². The molecule has 0 saturated carbocycles. The summed E-state index contributed by atoms with van der Waals surface area (Å²) in [4.78, 5) is 72.7. The van der Waals surface area contributed by atoms with Gasteiger partial charge in [-0.1, -0.05) is 0 Å². The van der Waals surface area contributed by atoms with E-state index in [1.807, 2.05) is 5.32 Å². The second-order valence-electron chi connectivity index (χ2n) is 7.12. The van der Waals surface area contributed by atoms with Crippen molar-refractivity contribution in [2.45, 2.75) is 76.2 Å². The number of hydrogen-bond acceptors (Lipinski definition) is 12. The number of carbonyl (C=O) groups excluding carboxylic acids is 6. The maximum Gasteiger partial charge on any atom is 0.326 e. The third-order valence-electron chi connectivity index (χ3n) is 4.76. The smallest absolute Gasteiger partial charge is 0.326 e. The topological polar surface area (TPSA) is 231 Å². The normalized spacial score (nSPS) is 19.9. The molecule has 0 fully saturated rings. The van der Waals surface area contributed by atoms with Crippen molar-refractivity contribution < 1.29 is 53.9 Å². The minimum Gasteiger partial charge on any atom is -0.443 e. The number of esters is 1. The van der Waals surface area contributed by atoms with E-state index in [1.54, 1.807) is 0 Å². The van der Waals surface area contributed by atoms with Gasteiger partial charge >= 0.3 is 5.97 Å². The lowest BCUT2D eigenvalue weighted by Crippen LogP contribution is -2.79. The summed E-state index contributed by atoms with van der Waals surface area (Å²) in [7, 11) is 0. The van der Waals surface area contributed by atoms with Crippen LogP contribution in [0.5, 0.6) is 0 Å². The molecule has 0 aliphatic heterocycles. The van der Waals surface area contributed by atoms with Crippen LogP contribution in [-0.2, 0) is 33.5 Å². The first-order valence-corrected chi connectivity index (χ1v) is 9.02. The van der Waals surface area contributed by atoms with Gasteiger partial charge in [-0.05, 0) is 27.7 Å². The Hall–Kier alpha value is -2.58. The summed E-state index contributed by atoms with van der Waals surface area (Å²) >= 11 is 0. The molecule has 31 heavy (non-hydrogen) atoms. The van der Waals surface area contributed by atoms with E-state index < -0.39 is 70.8 Å². The van der Waals surface area contributed by atoms with Gasteiger partial charge in [0.15, 0.2) is 17.3 Å². The second kappa shape index (κ2) is 10.6.